The lowest BCUT2D eigenvalue weighted by Gasteiger charge is -2.20. The molecule has 1 atom stereocenters. The van der Waals surface area contributed by atoms with Crippen LogP contribution in [0.25, 0.3) is 0 Å². The number of amidine groups is 1. The van der Waals surface area contributed by atoms with Crippen molar-refractivity contribution in [3.63, 3.8) is 0 Å². The molecule has 1 rings (SSSR count). The monoisotopic (exact) mass is 204 g/mol. The van der Waals surface area contributed by atoms with Crippen LogP contribution in [0.4, 0.5) is 0 Å². The van der Waals surface area contributed by atoms with Crippen LogP contribution in [0.1, 0.15) is 11.7 Å². The molecule has 80 valence electrons. The van der Waals surface area contributed by atoms with E-state index in [1.54, 1.807) is 25.1 Å². The Hall–Kier alpha value is -1.77. The second-order valence-electron chi connectivity index (χ2n) is 3.38. The van der Waals surface area contributed by atoms with E-state index in [1.807, 2.05) is 30.3 Å². The molecule has 1 aromatic carbocycles. The van der Waals surface area contributed by atoms with Gasteiger partial charge in [-0.15, -0.1) is 0 Å². The molecule has 1 unspecified atom stereocenters. The molecule has 0 spiro atoms. The Bertz CT molecular complexity index is 333. The third-order valence-corrected chi connectivity index (χ3v) is 1.99. The summed E-state index contributed by atoms with van der Waals surface area (Å²) in [6.45, 7) is 3.71. The average molecular weight is 204 g/mol. The first-order chi connectivity index (χ1) is 7.15. The Balaban J connectivity index is 2.73. The highest BCUT2D eigenvalue weighted by molar-refractivity contribution is 5.70. The van der Waals surface area contributed by atoms with Crippen molar-refractivity contribution >= 4 is 6.02 Å². The van der Waals surface area contributed by atoms with Gasteiger partial charge in [-0.2, -0.15) is 0 Å². The van der Waals surface area contributed by atoms with Gasteiger partial charge in [-0.05, 0) is 11.6 Å². The molecular formula is C12H16N2O. The number of rotatable bonds is 3. The Morgan fingerprint density at radius 1 is 1.40 bits per heavy atom. The largest absolute Gasteiger partial charge is 0.453 e. The molecule has 0 aromatic heterocycles. The maximum atomic E-state index is 7.58. The number of benzene rings is 1. The first kappa shape index (κ1) is 11.3. The second-order valence-corrected chi connectivity index (χ2v) is 3.38. The third kappa shape index (κ3) is 3.13. The van der Waals surface area contributed by atoms with Crippen molar-refractivity contribution in [1.29, 1.82) is 5.41 Å². The minimum absolute atomic E-state index is 0.128. The summed E-state index contributed by atoms with van der Waals surface area (Å²) in [5.74, 6) is 0. The van der Waals surface area contributed by atoms with Gasteiger partial charge in [-0.25, -0.2) is 0 Å². The Labute approximate surface area is 90.5 Å². The lowest BCUT2D eigenvalue weighted by atomic mass is 10.1. The number of hydrogen-bond donors (Lipinski definition) is 1. The van der Waals surface area contributed by atoms with Crippen molar-refractivity contribution in [1.82, 2.24) is 4.90 Å². The van der Waals surface area contributed by atoms with Crippen molar-refractivity contribution in [2.75, 3.05) is 14.1 Å². The summed E-state index contributed by atoms with van der Waals surface area (Å²) < 4.78 is 5.44. The van der Waals surface area contributed by atoms with Crippen molar-refractivity contribution < 1.29 is 4.74 Å². The molecule has 3 nitrogen and oxygen atoms in total. The molecule has 0 heterocycles. The number of nitrogens with one attached hydrogen (secondary N) is 1. The van der Waals surface area contributed by atoms with Gasteiger partial charge in [-0.1, -0.05) is 36.9 Å². The van der Waals surface area contributed by atoms with E-state index in [0.29, 0.717) is 0 Å². The molecule has 1 N–H and O–H groups in total. The van der Waals surface area contributed by atoms with E-state index in [4.69, 9.17) is 10.1 Å². The molecule has 0 bridgehead atoms. The average Bonchev–Trinajstić information content (AvgIpc) is 2.26. The van der Waals surface area contributed by atoms with Crippen molar-refractivity contribution in [3.8, 4) is 0 Å². The SMILES string of the molecule is C=CC(OC(=N)N(C)C)c1ccccc1. The van der Waals surface area contributed by atoms with Gasteiger partial charge in [0.1, 0.15) is 6.10 Å². The van der Waals surface area contributed by atoms with Crippen LogP contribution in [0.15, 0.2) is 43.0 Å². The maximum absolute atomic E-state index is 7.58. The van der Waals surface area contributed by atoms with Gasteiger partial charge in [-0.3, -0.25) is 5.41 Å². The lowest BCUT2D eigenvalue weighted by molar-refractivity contribution is 0.201. The van der Waals surface area contributed by atoms with Crippen molar-refractivity contribution in [2.45, 2.75) is 6.10 Å². The summed E-state index contributed by atoms with van der Waals surface area (Å²) in [5, 5.41) is 7.58. The Morgan fingerprint density at radius 3 is 2.47 bits per heavy atom. The van der Waals surface area contributed by atoms with E-state index in [-0.39, 0.29) is 12.1 Å². The lowest BCUT2D eigenvalue weighted by Crippen LogP contribution is -2.25. The second kappa shape index (κ2) is 5.20. The molecule has 1 aromatic rings. The zero-order valence-corrected chi connectivity index (χ0v) is 9.10. The molecule has 3 heteroatoms. The van der Waals surface area contributed by atoms with Gasteiger partial charge >= 0.3 is 0 Å². The number of nitrogens with zero attached hydrogens (tertiary/aromatic N) is 1. The Kier molecular flexibility index (Phi) is 3.92. The van der Waals surface area contributed by atoms with Crippen LogP contribution in [0.2, 0.25) is 0 Å². The highest BCUT2D eigenvalue weighted by Crippen LogP contribution is 2.18. The predicted octanol–water partition coefficient (Wildman–Crippen LogP) is 2.43. The van der Waals surface area contributed by atoms with E-state index in [2.05, 4.69) is 6.58 Å². The zero-order valence-electron chi connectivity index (χ0n) is 9.10. The van der Waals surface area contributed by atoms with Crippen LogP contribution in [0.3, 0.4) is 0 Å². The van der Waals surface area contributed by atoms with Crippen LogP contribution in [0.5, 0.6) is 0 Å². The van der Waals surface area contributed by atoms with Gasteiger partial charge in [0, 0.05) is 14.1 Å². The zero-order chi connectivity index (χ0) is 11.3. The summed E-state index contributed by atoms with van der Waals surface area (Å²) >= 11 is 0. The van der Waals surface area contributed by atoms with E-state index >= 15 is 0 Å². The first-order valence-corrected chi connectivity index (χ1v) is 4.75. The topological polar surface area (TPSA) is 36.3 Å². The predicted molar refractivity (Wildman–Crippen MR) is 61.9 cm³/mol. The smallest absolute Gasteiger partial charge is 0.284 e. The molecule has 0 aliphatic heterocycles. The molecule has 15 heavy (non-hydrogen) atoms. The molecule has 0 fully saturated rings. The summed E-state index contributed by atoms with van der Waals surface area (Å²) in [5.41, 5.74) is 0.999. The van der Waals surface area contributed by atoms with Gasteiger partial charge < -0.3 is 9.64 Å². The molecule has 0 amide bonds. The highest BCUT2D eigenvalue weighted by Gasteiger charge is 2.11. The fourth-order valence-corrected chi connectivity index (χ4v) is 1.12. The van der Waals surface area contributed by atoms with Gasteiger partial charge in [0.2, 0.25) is 0 Å². The minimum atomic E-state index is -0.263. The summed E-state index contributed by atoms with van der Waals surface area (Å²) in [4.78, 5) is 1.61. The number of ether oxygens (including phenoxy) is 1. The van der Waals surface area contributed by atoms with E-state index in [1.165, 1.54) is 0 Å². The van der Waals surface area contributed by atoms with Crippen LogP contribution < -0.4 is 0 Å². The molecule has 0 aliphatic carbocycles. The van der Waals surface area contributed by atoms with Gasteiger partial charge in [0.25, 0.3) is 6.02 Å². The fourth-order valence-electron chi connectivity index (χ4n) is 1.12. The normalized spacial score (nSPS) is 11.6. The van der Waals surface area contributed by atoms with E-state index in [9.17, 15) is 0 Å². The van der Waals surface area contributed by atoms with Crippen molar-refractivity contribution in [3.05, 3.63) is 48.6 Å². The molecule has 0 saturated carbocycles. The van der Waals surface area contributed by atoms with E-state index < -0.39 is 0 Å². The first-order valence-electron chi connectivity index (χ1n) is 4.75. The molecule has 0 aliphatic rings. The maximum Gasteiger partial charge on any atom is 0.284 e. The van der Waals surface area contributed by atoms with Crippen molar-refractivity contribution in [2.24, 2.45) is 0 Å². The minimum Gasteiger partial charge on any atom is -0.453 e. The van der Waals surface area contributed by atoms with Crippen LogP contribution in [0, 0.1) is 5.41 Å². The summed E-state index contributed by atoms with van der Waals surface area (Å²) in [6.07, 6.45) is 1.42. The highest BCUT2D eigenvalue weighted by atomic mass is 16.5. The van der Waals surface area contributed by atoms with Crippen LogP contribution in [-0.4, -0.2) is 25.0 Å². The fraction of sp³-hybridized carbons (Fsp3) is 0.250. The molecule has 0 radical (unpaired) electrons. The Morgan fingerprint density at radius 2 is 2.00 bits per heavy atom. The van der Waals surface area contributed by atoms with Crippen LogP contribution >= 0.6 is 0 Å². The quantitative estimate of drug-likeness (QED) is 0.466. The molecule has 0 saturated heterocycles. The summed E-state index contributed by atoms with van der Waals surface area (Å²) in [7, 11) is 3.54. The van der Waals surface area contributed by atoms with E-state index in [0.717, 1.165) is 5.56 Å². The summed E-state index contributed by atoms with van der Waals surface area (Å²) in [6, 6.07) is 9.86. The standard InChI is InChI=1S/C12H16N2O/c1-4-11(15-12(13)14(2)3)10-8-6-5-7-9-10/h4-9,11,13H,1H2,2-3H3. The molecular weight excluding hydrogens is 188 g/mol. The van der Waals surface area contributed by atoms with Gasteiger partial charge in [0.05, 0.1) is 0 Å². The van der Waals surface area contributed by atoms with Gasteiger partial charge in [0.15, 0.2) is 0 Å². The third-order valence-electron chi connectivity index (χ3n) is 1.99. The number of hydrogen-bond acceptors (Lipinski definition) is 2. The van der Waals surface area contributed by atoms with Crippen LogP contribution in [-0.2, 0) is 4.74 Å².